The summed E-state index contributed by atoms with van der Waals surface area (Å²) in [5, 5.41) is 0. The van der Waals surface area contributed by atoms with Crippen molar-refractivity contribution in [3.63, 3.8) is 0 Å². The van der Waals surface area contributed by atoms with Crippen LogP contribution >= 0.6 is 15.9 Å². The van der Waals surface area contributed by atoms with Crippen molar-refractivity contribution in [1.82, 2.24) is 0 Å². The van der Waals surface area contributed by atoms with Crippen molar-refractivity contribution in [3.05, 3.63) is 46.4 Å². The standard InChI is InChI=1S/C14H15BrN2O3S/c1-9-7-11(4-6-13(9)16)21(18,19)17-14-8-10(20-2)3-5-12(14)15/h3-8,17H,16H2,1-2H3. The van der Waals surface area contributed by atoms with Crippen LogP contribution in [0.2, 0.25) is 0 Å². The monoisotopic (exact) mass is 370 g/mol. The average molecular weight is 371 g/mol. The average Bonchev–Trinajstić information content (AvgIpc) is 2.44. The molecule has 3 N–H and O–H groups in total. The second-order valence-electron chi connectivity index (χ2n) is 4.47. The van der Waals surface area contributed by atoms with Gasteiger partial charge in [0.15, 0.2) is 0 Å². The predicted molar refractivity (Wildman–Crippen MR) is 87.1 cm³/mol. The number of sulfonamides is 1. The van der Waals surface area contributed by atoms with E-state index in [0.29, 0.717) is 27.2 Å². The first-order valence-corrected chi connectivity index (χ1v) is 8.33. The normalized spacial score (nSPS) is 11.2. The summed E-state index contributed by atoms with van der Waals surface area (Å²) in [5.41, 5.74) is 7.38. The maximum absolute atomic E-state index is 12.4. The summed E-state index contributed by atoms with van der Waals surface area (Å²) in [4.78, 5) is 0.156. The Morgan fingerprint density at radius 2 is 1.90 bits per heavy atom. The third-order valence-corrected chi connectivity index (χ3v) is 5.02. The highest BCUT2D eigenvalue weighted by Crippen LogP contribution is 2.29. The third-order valence-electron chi connectivity index (χ3n) is 2.97. The topological polar surface area (TPSA) is 81.4 Å². The number of methoxy groups -OCH3 is 1. The zero-order valence-electron chi connectivity index (χ0n) is 11.6. The van der Waals surface area contributed by atoms with E-state index in [1.807, 2.05) is 0 Å². The summed E-state index contributed by atoms with van der Waals surface area (Å²) in [6.07, 6.45) is 0. The van der Waals surface area contributed by atoms with E-state index in [9.17, 15) is 8.42 Å². The van der Waals surface area contributed by atoms with Gasteiger partial charge in [-0.25, -0.2) is 8.42 Å². The van der Waals surface area contributed by atoms with Crippen LogP contribution in [0.25, 0.3) is 0 Å². The van der Waals surface area contributed by atoms with Gasteiger partial charge in [-0.05, 0) is 58.7 Å². The van der Waals surface area contributed by atoms with Crippen molar-refractivity contribution in [2.24, 2.45) is 0 Å². The van der Waals surface area contributed by atoms with Gasteiger partial charge in [-0.15, -0.1) is 0 Å². The number of anilines is 2. The van der Waals surface area contributed by atoms with E-state index in [1.165, 1.54) is 19.2 Å². The molecule has 0 radical (unpaired) electrons. The molecule has 0 saturated heterocycles. The van der Waals surface area contributed by atoms with Crippen LogP contribution in [0.5, 0.6) is 5.75 Å². The van der Waals surface area contributed by atoms with Gasteiger partial charge in [-0.2, -0.15) is 0 Å². The lowest BCUT2D eigenvalue weighted by Gasteiger charge is -2.12. The maximum Gasteiger partial charge on any atom is 0.261 e. The number of hydrogen-bond donors (Lipinski definition) is 2. The van der Waals surface area contributed by atoms with Crippen LogP contribution < -0.4 is 15.2 Å². The predicted octanol–water partition coefficient (Wildman–Crippen LogP) is 3.15. The number of ether oxygens (including phenoxy) is 1. The Hall–Kier alpha value is -1.73. The molecule has 0 heterocycles. The van der Waals surface area contributed by atoms with Crippen molar-refractivity contribution in [1.29, 1.82) is 0 Å². The van der Waals surface area contributed by atoms with Crippen molar-refractivity contribution < 1.29 is 13.2 Å². The third kappa shape index (κ3) is 3.48. The highest BCUT2D eigenvalue weighted by molar-refractivity contribution is 9.10. The molecule has 0 aliphatic heterocycles. The summed E-state index contributed by atoms with van der Waals surface area (Å²) < 4.78 is 33.1. The fraction of sp³-hybridized carbons (Fsp3) is 0.143. The Morgan fingerprint density at radius 1 is 1.19 bits per heavy atom. The first-order chi connectivity index (χ1) is 9.83. The fourth-order valence-corrected chi connectivity index (χ4v) is 3.36. The van der Waals surface area contributed by atoms with E-state index in [4.69, 9.17) is 10.5 Å². The number of rotatable bonds is 4. The summed E-state index contributed by atoms with van der Waals surface area (Å²) in [6, 6.07) is 9.63. The molecule has 5 nitrogen and oxygen atoms in total. The molecule has 21 heavy (non-hydrogen) atoms. The molecule has 0 atom stereocenters. The van der Waals surface area contributed by atoms with Gasteiger partial charge in [0.05, 0.1) is 17.7 Å². The van der Waals surface area contributed by atoms with Gasteiger partial charge in [-0.3, -0.25) is 4.72 Å². The van der Waals surface area contributed by atoms with Crippen LogP contribution in [0, 0.1) is 6.92 Å². The molecule has 0 saturated carbocycles. The Kier molecular flexibility index (Phi) is 4.43. The highest BCUT2D eigenvalue weighted by Gasteiger charge is 2.16. The number of nitrogens with two attached hydrogens (primary N) is 1. The molecule has 0 aliphatic carbocycles. The molecular formula is C14H15BrN2O3S. The van der Waals surface area contributed by atoms with E-state index < -0.39 is 10.0 Å². The van der Waals surface area contributed by atoms with Gasteiger partial charge in [0, 0.05) is 16.2 Å². The van der Waals surface area contributed by atoms with E-state index >= 15 is 0 Å². The number of aryl methyl sites for hydroxylation is 1. The minimum atomic E-state index is -3.69. The number of nitrogen functional groups attached to an aromatic ring is 1. The molecule has 0 amide bonds. The molecule has 0 fully saturated rings. The molecular weight excluding hydrogens is 356 g/mol. The molecule has 0 bridgehead atoms. The maximum atomic E-state index is 12.4. The lowest BCUT2D eigenvalue weighted by Crippen LogP contribution is -2.13. The summed E-state index contributed by atoms with van der Waals surface area (Å²) in [7, 11) is -2.17. The smallest absolute Gasteiger partial charge is 0.261 e. The van der Waals surface area contributed by atoms with E-state index in [1.54, 1.807) is 31.2 Å². The molecule has 7 heteroatoms. The molecule has 2 rings (SSSR count). The lowest BCUT2D eigenvalue weighted by molar-refractivity contribution is 0.415. The van der Waals surface area contributed by atoms with Gasteiger partial charge in [0.2, 0.25) is 0 Å². The molecule has 0 aliphatic rings. The van der Waals surface area contributed by atoms with Crippen molar-refractivity contribution in [3.8, 4) is 5.75 Å². The number of nitrogens with one attached hydrogen (secondary N) is 1. The molecule has 0 unspecified atom stereocenters. The summed E-state index contributed by atoms with van der Waals surface area (Å²) >= 11 is 3.31. The zero-order valence-corrected chi connectivity index (χ0v) is 14.0. The zero-order chi connectivity index (χ0) is 15.6. The number of hydrogen-bond acceptors (Lipinski definition) is 4. The number of benzene rings is 2. The molecule has 2 aromatic rings. The first kappa shape index (κ1) is 15.7. The summed E-state index contributed by atoms with van der Waals surface area (Å²) in [6.45, 7) is 1.76. The van der Waals surface area contributed by atoms with Crippen LogP contribution in [-0.4, -0.2) is 15.5 Å². The molecule has 0 spiro atoms. The van der Waals surface area contributed by atoms with E-state index in [0.717, 1.165) is 0 Å². The van der Waals surface area contributed by atoms with Gasteiger partial charge in [0.25, 0.3) is 10.0 Å². The van der Waals surface area contributed by atoms with Crippen molar-refractivity contribution in [2.75, 3.05) is 17.6 Å². The Labute approximate surface area is 132 Å². The van der Waals surface area contributed by atoms with Crippen molar-refractivity contribution >= 4 is 37.3 Å². The molecule has 2 aromatic carbocycles. The largest absolute Gasteiger partial charge is 0.497 e. The number of halogens is 1. The van der Waals surface area contributed by atoms with E-state index in [-0.39, 0.29) is 4.90 Å². The van der Waals surface area contributed by atoms with Gasteiger partial charge < -0.3 is 10.5 Å². The molecule has 0 aromatic heterocycles. The van der Waals surface area contributed by atoms with Crippen LogP contribution in [0.1, 0.15) is 5.56 Å². The first-order valence-electron chi connectivity index (χ1n) is 6.06. The van der Waals surface area contributed by atoms with Gasteiger partial charge >= 0.3 is 0 Å². The minimum Gasteiger partial charge on any atom is -0.497 e. The second-order valence-corrected chi connectivity index (χ2v) is 7.01. The van der Waals surface area contributed by atoms with Crippen molar-refractivity contribution in [2.45, 2.75) is 11.8 Å². The van der Waals surface area contributed by atoms with Crippen LogP contribution in [0.3, 0.4) is 0 Å². The Bertz CT molecular complexity index is 776. The minimum absolute atomic E-state index is 0.156. The SMILES string of the molecule is COc1ccc(Br)c(NS(=O)(=O)c2ccc(N)c(C)c2)c1. The van der Waals surface area contributed by atoms with E-state index in [2.05, 4.69) is 20.7 Å². The van der Waals surface area contributed by atoms with Crippen LogP contribution in [-0.2, 0) is 10.0 Å². The lowest BCUT2D eigenvalue weighted by atomic mass is 10.2. The van der Waals surface area contributed by atoms with Gasteiger partial charge in [0.1, 0.15) is 5.75 Å². The summed E-state index contributed by atoms with van der Waals surface area (Å²) in [5.74, 6) is 0.560. The Balaban J connectivity index is 2.39. The van der Waals surface area contributed by atoms with Crippen LogP contribution in [0.15, 0.2) is 45.8 Å². The van der Waals surface area contributed by atoms with Crippen LogP contribution in [0.4, 0.5) is 11.4 Å². The highest BCUT2D eigenvalue weighted by atomic mass is 79.9. The molecule has 112 valence electrons. The van der Waals surface area contributed by atoms with Gasteiger partial charge in [-0.1, -0.05) is 0 Å². The Morgan fingerprint density at radius 3 is 2.52 bits per heavy atom. The second kappa shape index (κ2) is 5.95. The fourth-order valence-electron chi connectivity index (χ4n) is 1.73. The quantitative estimate of drug-likeness (QED) is 0.809.